The Labute approximate surface area is 163 Å². The first-order valence-electron chi connectivity index (χ1n) is 7.61. The topological polar surface area (TPSA) is 49.2 Å². The van der Waals surface area contributed by atoms with Crippen LogP contribution in [-0.2, 0) is 16.9 Å². The molecule has 3 rings (SSSR count). The van der Waals surface area contributed by atoms with Gasteiger partial charge >= 0.3 is 0 Å². The maximum absolute atomic E-state index is 6.50. The minimum absolute atomic E-state index is 0. The Morgan fingerprint density at radius 1 is 1.08 bits per heavy atom. The Morgan fingerprint density at radius 2 is 1.77 bits per heavy atom. The molecule has 0 aliphatic carbocycles. The van der Waals surface area contributed by atoms with Crippen molar-refractivity contribution in [3.63, 3.8) is 0 Å². The molecule has 26 heavy (non-hydrogen) atoms. The van der Waals surface area contributed by atoms with Gasteiger partial charge in [-0.1, -0.05) is 36.7 Å². The third-order valence-corrected chi connectivity index (χ3v) is 4.51. The predicted molar refractivity (Wildman–Crippen MR) is 104 cm³/mol. The van der Waals surface area contributed by atoms with Crippen LogP contribution in [0.25, 0.3) is 0 Å². The van der Waals surface area contributed by atoms with Gasteiger partial charge in [-0.15, -0.1) is 0 Å². The van der Waals surface area contributed by atoms with Crippen molar-refractivity contribution >= 4 is 23.2 Å². The third-order valence-electron chi connectivity index (χ3n) is 3.94. The summed E-state index contributed by atoms with van der Waals surface area (Å²) in [7, 11) is 1.64. The summed E-state index contributed by atoms with van der Waals surface area (Å²) < 4.78 is 13.2. The Hall–Kier alpha value is -2.08. The van der Waals surface area contributed by atoms with Gasteiger partial charge in [-0.3, -0.25) is 0 Å². The zero-order valence-corrected chi connectivity index (χ0v) is 15.3. The van der Waals surface area contributed by atoms with Gasteiger partial charge in [0, 0.05) is 17.7 Å². The number of nitrogens with zero attached hydrogens (tertiary/aromatic N) is 3. The van der Waals surface area contributed by atoms with E-state index in [9.17, 15) is 0 Å². The van der Waals surface area contributed by atoms with E-state index in [0.29, 0.717) is 28.1 Å². The maximum atomic E-state index is 6.50. The highest BCUT2D eigenvalue weighted by Crippen LogP contribution is 2.35. The zero-order valence-electron chi connectivity index (χ0n) is 13.8. The number of halogens is 2. The average Bonchev–Trinajstić information content (AvgIpc) is 3.09. The van der Waals surface area contributed by atoms with E-state index in [1.54, 1.807) is 48.5 Å². The molecule has 1 heterocycles. The van der Waals surface area contributed by atoms with Crippen molar-refractivity contribution in [2.45, 2.75) is 26.5 Å². The minimum atomic E-state index is -0.649. The van der Waals surface area contributed by atoms with E-state index in [-0.39, 0.29) is 7.43 Å². The first kappa shape index (κ1) is 20.2. The normalized spacial score (nSPS) is 12.9. The summed E-state index contributed by atoms with van der Waals surface area (Å²) in [5.74, 6) is 1.32. The molecule has 1 unspecified atom stereocenters. The molecule has 138 valence electrons. The number of hydrogen-bond acceptors (Lipinski definition) is 4. The van der Waals surface area contributed by atoms with Crippen LogP contribution in [0.1, 0.15) is 19.9 Å². The molecule has 2 aromatic carbocycles. The van der Waals surface area contributed by atoms with Crippen LogP contribution in [0.5, 0.6) is 11.5 Å². The quantitative estimate of drug-likeness (QED) is 0.548. The van der Waals surface area contributed by atoms with Crippen LogP contribution in [0.2, 0.25) is 10.0 Å². The molecule has 7 heteroatoms. The number of rotatable bonds is 6. The van der Waals surface area contributed by atoms with Crippen LogP contribution >= 0.6 is 23.2 Å². The van der Waals surface area contributed by atoms with Crippen LogP contribution < -0.4 is 4.74 Å². The second-order valence-electron chi connectivity index (χ2n) is 5.73. The number of methoxy groups -OCH3 is 1. The highest BCUT2D eigenvalue weighted by molar-refractivity contribution is 6.31. The molecule has 0 saturated heterocycles. The number of hydrogen-bond donors (Lipinski definition) is 0. The third kappa shape index (κ3) is 4.55. The van der Waals surface area contributed by atoms with E-state index in [4.69, 9.17) is 32.7 Å². The van der Waals surface area contributed by atoms with Crippen molar-refractivity contribution < 1.29 is 9.47 Å². The Bertz CT molecular complexity index is 839. The van der Waals surface area contributed by atoms with Crippen molar-refractivity contribution in [2.75, 3.05) is 7.11 Å². The Morgan fingerprint density at radius 3 is 2.35 bits per heavy atom. The van der Waals surface area contributed by atoms with Crippen LogP contribution in [-0.4, -0.2) is 21.9 Å². The Balaban J connectivity index is 0.00000243. The largest absolute Gasteiger partial charge is 0.457 e. The molecule has 1 atom stereocenters. The lowest BCUT2D eigenvalue weighted by Crippen LogP contribution is -2.31. The number of ether oxygens (including phenoxy) is 2. The first-order valence-corrected chi connectivity index (χ1v) is 8.37. The number of benzene rings is 2. The highest BCUT2D eigenvalue weighted by Gasteiger charge is 2.30. The monoisotopic (exact) mass is 393 g/mol. The summed E-state index contributed by atoms with van der Waals surface area (Å²) in [4.78, 5) is 3.96. The van der Waals surface area contributed by atoms with Crippen molar-refractivity contribution in [1.29, 1.82) is 0 Å². The lowest BCUT2D eigenvalue weighted by Gasteiger charge is -2.29. The molecule has 5 nitrogen and oxygen atoms in total. The smallest absolute Gasteiger partial charge is 0.137 e. The number of aromatic nitrogens is 3. The maximum Gasteiger partial charge on any atom is 0.137 e. The minimum Gasteiger partial charge on any atom is -0.457 e. The highest BCUT2D eigenvalue weighted by atomic mass is 35.5. The van der Waals surface area contributed by atoms with Gasteiger partial charge < -0.3 is 9.47 Å². The molecule has 0 bridgehead atoms. The van der Waals surface area contributed by atoms with Crippen molar-refractivity contribution in [2.24, 2.45) is 0 Å². The molecule has 0 spiro atoms. The lowest BCUT2D eigenvalue weighted by atomic mass is 9.95. The van der Waals surface area contributed by atoms with Gasteiger partial charge in [-0.25, -0.2) is 9.67 Å². The summed E-state index contributed by atoms with van der Waals surface area (Å²) in [6.07, 6.45) is 3.13. The van der Waals surface area contributed by atoms with Crippen LogP contribution in [0.15, 0.2) is 55.1 Å². The van der Waals surface area contributed by atoms with Crippen LogP contribution in [0, 0.1) is 0 Å². The van der Waals surface area contributed by atoms with Gasteiger partial charge in [0.1, 0.15) is 29.8 Å². The SMILES string of the molecule is C.COC(C)(Cn1cncn1)c1ccc(Oc2ccc(Cl)cc2)cc1Cl. The second kappa shape index (κ2) is 8.54. The molecule has 0 saturated carbocycles. The summed E-state index contributed by atoms with van der Waals surface area (Å²) in [5.41, 5.74) is 0.194. The lowest BCUT2D eigenvalue weighted by molar-refractivity contribution is -0.0156. The van der Waals surface area contributed by atoms with Crippen molar-refractivity contribution in [1.82, 2.24) is 14.8 Å². The summed E-state index contributed by atoms with van der Waals surface area (Å²) in [5, 5.41) is 5.34. The zero-order chi connectivity index (χ0) is 17.9. The molecule has 0 aliphatic heterocycles. The Kier molecular flexibility index (Phi) is 6.64. The summed E-state index contributed by atoms with van der Waals surface area (Å²) in [6, 6.07) is 12.7. The molecule has 0 amide bonds. The van der Waals surface area contributed by atoms with Gasteiger partial charge in [-0.2, -0.15) is 5.10 Å². The molecule has 0 N–H and O–H groups in total. The van der Waals surface area contributed by atoms with Gasteiger partial charge in [0.15, 0.2) is 0 Å². The van der Waals surface area contributed by atoms with E-state index in [1.165, 1.54) is 6.33 Å². The summed E-state index contributed by atoms with van der Waals surface area (Å²) >= 11 is 12.4. The predicted octanol–water partition coefficient (Wildman–Crippen LogP) is 5.58. The van der Waals surface area contributed by atoms with E-state index < -0.39 is 5.60 Å². The molecule has 0 fully saturated rings. The first-order chi connectivity index (χ1) is 12.0. The van der Waals surface area contributed by atoms with Gasteiger partial charge in [-0.05, 0) is 43.3 Å². The molecular formula is C19H21Cl2N3O2. The standard InChI is InChI=1S/C18H17Cl2N3O2.CH4/c1-18(24-2,10-23-12-21-11-22-23)16-8-7-15(9-17(16)20)25-14-5-3-13(19)4-6-14;/h3-9,11-12H,10H2,1-2H3;1H4. The summed E-state index contributed by atoms with van der Waals surface area (Å²) in [6.45, 7) is 2.44. The van der Waals surface area contributed by atoms with Crippen LogP contribution in [0.4, 0.5) is 0 Å². The molecule has 1 aromatic heterocycles. The van der Waals surface area contributed by atoms with E-state index in [0.717, 1.165) is 5.56 Å². The molecule has 0 aliphatic rings. The van der Waals surface area contributed by atoms with Gasteiger partial charge in [0.2, 0.25) is 0 Å². The molecule has 0 radical (unpaired) electrons. The average molecular weight is 394 g/mol. The van der Waals surface area contributed by atoms with Crippen molar-refractivity contribution in [3.05, 3.63) is 70.7 Å². The van der Waals surface area contributed by atoms with E-state index in [2.05, 4.69) is 10.1 Å². The van der Waals surface area contributed by atoms with Gasteiger partial charge in [0.05, 0.1) is 11.6 Å². The molecular weight excluding hydrogens is 373 g/mol. The fourth-order valence-electron chi connectivity index (χ4n) is 2.51. The van der Waals surface area contributed by atoms with Crippen molar-refractivity contribution in [3.8, 4) is 11.5 Å². The second-order valence-corrected chi connectivity index (χ2v) is 6.57. The fourth-order valence-corrected chi connectivity index (χ4v) is 3.01. The van der Waals surface area contributed by atoms with Gasteiger partial charge in [0.25, 0.3) is 0 Å². The fraction of sp³-hybridized carbons (Fsp3) is 0.263. The van der Waals surface area contributed by atoms with E-state index in [1.807, 2.05) is 19.1 Å². The van der Waals surface area contributed by atoms with E-state index >= 15 is 0 Å². The molecule has 3 aromatic rings. The van der Waals surface area contributed by atoms with Crippen LogP contribution in [0.3, 0.4) is 0 Å².